The molecular formula is C17H20BrNO3S. The first-order valence-electron chi connectivity index (χ1n) is 7.37. The van der Waals surface area contributed by atoms with Gasteiger partial charge in [-0.2, -0.15) is 0 Å². The van der Waals surface area contributed by atoms with Crippen molar-refractivity contribution < 1.29 is 13.2 Å². The summed E-state index contributed by atoms with van der Waals surface area (Å²) < 4.78 is 33.4. The lowest BCUT2D eigenvalue weighted by atomic mass is 10.0. The predicted octanol–water partition coefficient (Wildman–Crippen LogP) is 3.93. The molecule has 23 heavy (non-hydrogen) atoms. The molecule has 2 aromatic rings. The van der Waals surface area contributed by atoms with Crippen molar-refractivity contribution in [2.75, 3.05) is 13.2 Å². The van der Waals surface area contributed by atoms with Crippen LogP contribution in [-0.2, 0) is 10.0 Å². The van der Waals surface area contributed by atoms with Gasteiger partial charge in [-0.25, -0.2) is 13.1 Å². The number of ether oxygens (including phenoxy) is 1. The van der Waals surface area contributed by atoms with Gasteiger partial charge in [0.05, 0.1) is 4.90 Å². The third kappa shape index (κ3) is 5.06. The molecule has 4 nitrogen and oxygen atoms in total. The van der Waals surface area contributed by atoms with E-state index in [2.05, 4.69) is 34.5 Å². The normalized spacial score (nSPS) is 11.7. The van der Waals surface area contributed by atoms with Gasteiger partial charge in [-0.3, -0.25) is 0 Å². The first kappa shape index (κ1) is 18.0. The molecule has 0 aliphatic heterocycles. The number of benzene rings is 2. The van der Waals surface area contributed by atoms with Gasteiger partial charge in [-0.1, -0.05) is 48.0 Å². The molecule has 0 bridgehead atoms. The van der Waals surface area contributed by atoms with Crippen LogP contribution >= 0.6 is 15.9 Å². The van der Waals surface area contributed by atoms with Gasteiger partial charge < -0.3 is 4.74 Å². The Morgan fingerprint density at radius 1 is 1.09 bits per heavy atom. The standard InChI is InChI=1S/C17H20BrNO3S/c1-13(2)16-5-3-4-6-17(16)22-12-11-19-23(20,21)15-9-7-14(18)8-10-15/h3-10,13,19H,11-12H2,1-2H3. The fourth-order valence-electron chi connectivity index (χ4n) is 2.12. The minimum Gasteiger partial charge on any atom is -0.492 e. The van der Waals surface area contributed by atoms with Crippen molar-refractivity contribution in [2.45, 2.75) is 24.7 Å². The molecule has 0 saturated heterocycles. The summed E-state index contributed by atoms with van der Waals surface area (Å²) in [7, 11) is -3.51. The van der Waals surface area contributed by atoms with Gasteiger partial charge in [0.2, 0.25) is 10.0 Å². The zero-order valence-electron chi connectivity index (χ0n) is 13.1. The molecule has 1 N–H and O–H groups in total. The Morgan fingerprint density at radius 3 is 2.39 bits per heavy atom. The van der Waals surface area contributed by atoms with E-state index >= 15 is 0 Å². The van der Waals surface area contributed by atoms with Crippen molar-refractivity contribution in [3.8, 4) is 5.75 Å². The molecule has 0 fully saturated rings. The molecule has 2 rings (SSSR count). The number of sulfonamides is 1. The summed E-state index contributed by atoms with van der Waals surface area (Å²) in [6.45, 7) is 4.68. The van der Waals surface area contributed by atoms with Crippen LogP contribution in [0.5, 0.6) is 5.75 Å². The molecule has 6 heteroatoms. The maximum absolute atomic E-state index is 12.1. The van der Waals surface area contributed by atoms with E-state index in [1.54, 1.807) is 24.3 Å². The maximum atomic E-state index is 12.1. The highest BCUT2D eigenvalue weighted by atomic mass is 79.9. The lowest BCUT2D eigenvalue weighted by Crippen LogP contribution is -2.28. The Labute approximate surface area is 146 Å². The third-order valence-corrected chi connectivity index (χ3v) is 5.32. The zero-order valence-corrected chi connectivity index (χ0v) is 15.5. The minimum atomic E-state index is -3.51. The molecule has 2 aromatic carbocycles. The average Bonchev–Trinajstić information content (AvgIpc) is 2.52. The topological polar surface area (TPSA) is 55.4 Å². The molecule has 0 aromatic heterocycles. The monoisotopic (exact) mass is 397 g/mol. The molecule has 0 unspecified atom stereocenters. The Balaban J connectivity index is 1.91. The van der Waals surface area contributed by atoms with Gasteiger partial charge in [0, 0.05) is 11.0 Å². The van der Waals surface area contributed by atoms with Gasteiger partial charge in [0.25, 0.3) is 0 Å². The van der Waals surface area contributed by atoms with Crippen molar-refractivity contribution in [3.05, 3.63) is 58.6 Å². The van der Waals surface area contributed by atoms with Crippen molar-refractivity contribution in [1.82, 2.24) is 4.72 Å². The van der Waals surface area contributed by atoms with E-state index in [1.807, 2.05) is 24.3 Å². The van der Waals surface area contributed by atoms with Gasteiger partial charge in [-0.15, -0.1) is 0 Å². The smallest absolute Gasteiger partial charge is 0.240 e. The van der Waals surface area contributed by atoms with Gasteiger partial charge >= 0.3 is 0 Å². The number of nitrogens with one attached hydrogen (secondary N) is 1. The van der Waals surface area contributed by atoms with Crippen molar-refractivity contribution in [1.29, 1.82) is 0 Å². The second-order valence-corrected chi connectivity index (χ2v) is 8.08. The lowest BCUT2D eigenvalue weighted by molar-refractivity contribution is 0.318. The van der Waals surface area contributed by atoms with E-state index in [0.717, 1.165) is 15.8 Å². The largest absolute Gasteiger partial charge is 0.492 e. The Kier molecular flexibility index (Phi) is 6.21. The summed E-state index contributed by atoms with van der Waals surface area (Å²) in [5, 5.41) is 0. The van der Waals surface area contributed by atoms with Crippen molar-refractivity contribution in [2.24, 2.45) is 0 Å². The fourth-order valence-corrected chi connectivity index (χ4v) is 3.40. The molecule has 0 saturated carbocycles. The Hall–Kier alpha value is -1.37. The van der Waals surface area contributed by atoms with Crippen molar-refractivity contribution in [3.63, 3.8) is 0 Å². The van der Waals surface area contributed by atoms with Gasteiger partial charge in [0.15, 0.2) is 0 Å². The number of hydrogen-bond donors (Lipinski definition) is 1. The Morgan fingerprint density at radius 2 is 1.74 bits per heavy atom. The second kappa shape index (κ2) is 7.95. The molecule has 0 spiro atoms. The minimum absolute atomic E-state index is 0.213. The first-order valence-corrected chi connectivity index (χ1v) is 9.65. The highest BCUT2D eigenvalue weighted by Gasteiger charge is 2.13. The summed E-state index contributed by atoms with van der Waals surface area (Å²) in [5.74, 6) is 1.15. The number of rotatable bonds is 7. The van der Waals surface area contributed by atoms with Crippen LogP contribution in [0.25, 0.3) is 0 Å². The van der Waals surface area contributed by atoms with E-state index in [4.69, 9.17) is 4.74 Å². The first-order chi connectivity index (χ1) is 10.9. The highest BCUT2D eigenvalue weighted by molar-refractivity contribution is 9.10. The third-order valence-electron chi connectivity index (χ3n) is 3.32. The predicted molar refractivity (Wildman–Crippen MR) is 95.4 cm³/mol. The molecule has 0 aliphatic carbocycles. The maximum Gasteiger partial charge on any atom is 0.240 e. The van der Waals surface area contributed by atoms with E-state index in [-0.39, 0.29) is 18.0 Å². The van der Waals surface area contributed by atoms with Crippen LogP contribution in [0.15, 0.2) is 57.9 Å². The summed E-state index contributed by atoms with van der Waals surface area (Å²) in [6.07, 6.45) is 0. The number of hydrogen-bond acceptors (Lipinski definition) is 3. The van der Waals surface area contributed by atoms with E-state index in [0.29, 0.717) is 5.92 Å². The van der Waals surface area contributed by atoms with Crippen LogP contribution in [0.2, 0.25) is 0 Å². The lowest BCUT2D eigenvalue weighted by Gasteiger charge is -2.14. The Bertz CT molecular complexity index is 743. The molecule has 0 aliphatic rings. The van der Waals surface area contributed by atoms with E-state index in [1.165, 1.54) is 0 Å². The molecule has 0 heterocycles. The number of para-hydroxylation sites is 1. The summed E-state index contributed by atoms with van der Waals surface area (Å²) >= 11 is 3.29. The van der Waals surface area contributed by atoms with Crippen LogP contribution in [-0.4, -0.2) is 21.6 Å². The van der Waals surface area contributed by atoms with Gasteiger partial charge in [0.1, 0.15) is 12.4 Å². The highest BCUT2D eigenvalue weighted by Crippen LogP contribution is 2.25. The molecule has 0 atom stereocenters. The van der Waals surface area contributed by atoms with Crippen molar-refractivity contribution >= 4 is 26.0 Å². The molecule has 124 valence electrons. The number of halogens is 1. The quantitative estimate of drug-likeness (QED) is 0.719. The second-order valence-electron chi connectivity index (χ2n) is 5.39. The summed E-state index contributed by atoms with van der Waals surface area (Å²) in [6, 6.07) is 14.3. The zero-order chi connectivity index (χ0) is 16.9. The van der Waals surface area contributed by atoms with Crippen LogP contribution in [0.3, 0.4) is 0 Å². The van der Waals surface area contributed by atoms with Crippen LogP contribution in [0.4, 0.5) is 0 Å². The van der Waals surface area contributed by atoms with Gasteiger partial charge in [-0.05, 0) is 41.8 Å². The fraction of sp³-hybridized carbons (Fsp3) is 0.294. The summed E-state index contributed by atoms with van der Waals surface area (Å²) in [4.78, 5) is 0.239. The average molecular weight is 398 g/mol. The molecular weight excluding hydrogens is 378 g/mol. The SMILES string of the molecule is CC(C)c1ccccc1OCCNS(=O)(=O)c1ccc(Br)cc1. The summed E-state index contributed by atoms with van der Waals surface area (Å²) in [5.41, 5.74) is 1.11. The van der Waals surface area contributed by atoms with E-state index < -0.39 is 10.0 Å². The molecule has 0 radical (unpaired) electrons. The van der Waals surface area contributed by atoms with Crippen LogP contribution in [0.1, 0.15) is 25.3 Å². The molecule has 0 amide bonds. The van der Waals surface area contributed by atoms with Crippen LogP contribution < -0.4 is 9.46 Å². The van der Waals surface area contributed by atoms with Crippen LogP contribution in [0, 0.1) is 0 Å². The van der Waals surface area contributed by atoms with E-state index in [9.17, 15) is 8.42 Å².